The summed E-state index contributed by atoms with van der Waals surface area (Å²) in [5.74, 6) is -1.63. The zero-order valence-corrected chi connectivity index (χ0v) is 26.9. The van der Waals surface area contributed by atoms with E-state index in [0.717, 1.165) is 57.1 Å². The highest BCUT2D eigenvalue weighted by Crippen LogP contribution is 2.38. The van der Waals surface area contributed by atoms with Crippen LogP contribution in [0.1, 0.15) is 103 Å². The summed E-state index contributed by atoms with van der Waals surface area (Å²) in [6.45, 7) is 5.59. The van der Waals surface area contributed by atoms with Crippen LogP contribution < -0.4 is 21.9 Å². The van der Waals surface area contributed by atoms with E-state index in [1.165, 1.54) is 25.7 Å². The van der Waals surface area contributed by atoms with Crippen molar-refractivity contribution >= 4 is 19.4 Å². The smallest absolute Gasteiger partial charge is 0.326 e. The van der Waals surface area contributed by atoms with Crippen molar-refractivity contribution in [2.45, 2.75) is 116 Å². The van der Waals surface area contributed by atoms with Gasteiger partial charge in [0.15, 0.2) is 0 Å². The fourth-order valence-corrected chi connectivity index (χ4v) is 5.94. The SMILES string of the molecule is CC(C)C[C@H](NC(=O)[C@H](Cc1ccccc1)NP(=O)(O)CCCCCCCCN)C(=O)O.NCCCCCCCCO. The highest BCUT2D eigenvalue weighted by Gasteiger charge is 2.30. The first-order valence-electron chi connectivity index (χ1n) is 15.7. The summed E-state index contributed by atoms with van der Waals surface area (Å²) in [6.07, 6.45) is 13.1. The number of carboxylic acid groups (broad SMARTS) is 1. The lowest BCUT2D eigenvalue weighted by atomic mass is 10.0. The van der Waals surface area contributed by atoms with E-state index in [4.69, 9.17) is 16.6 Å². The molecule has 0 aromatic heterocycles. The summed E-state index contributed by atoms with van der Waals surface area (Å²) < 4.78 is 12.8. The van der Waals surface area contributed by atoms with Gasteiger partial charge in [0.2, 0.25) is 5.91 Å². The van der Waals surface area contributed by atoms with Crippen LogP contribution in [0.5, 0.6) is 0 Å². The number of hydrogen-bond donors (Lipinski definition) is 7. The van der Waals surface area contributed by atoms with E-state index in [-0.39, 0.29) is 24.9 Å². The first-order valence-corrected chi connectivity index (χ1v) is 17.6. The molecule has 1 unspecified atom stereocenters. The van der Waals surface area contributed by atoms with Crippen molar-refractivity contribution < 1.29 is 29.3 Å². The van der Waals surface area contributed by atoms with Gasteiger partial charge in [0.1, 0.15) is 6.04 Å². The Morgan fingerprint density at radius 3 is 1.79 bits per heavy atom. The second kappa shape index (κ2) is 25.7. The second-order valence-corrected chi connectivity index (χ2v) is 13.5. The monoisotopic (exact) mass is 614 g/mol. The summed E-state index contributed by atoms with van der Waals surface area (Å²) in [5, 5.41) is 23.1. The van der Waals surface area contributed by atoms with E-state index >= 15 is 0 Å². The molecule has 0 aliphatic rings. The average molecular weight is 615 g/mol. The van der Waals surface area contributed by atoms with Crippen molar-refractivity contribution in [3.63, 3.8) is 0 Å². The Labute approximate surface area is 253 Å². The van der Waals surface area contributed by atoms with Gasteiger partial charge in [-0.1, -0.05) is 95.5 Å². The number of benzene rings is 1. The lowest BCUT2D eigenvalue weighted by Gasteiger charge is -2.24. The number of carbonyl (C=O) groups is 2. The van der Waals surface area contributed by atoms with Crippen LogP contribution in [0.3, 0.4) is 0 Å². The van der Waals surface area contributed by atoms with Gasteiger partial charge in [0, 0.05) is 12.8 Å². The fraction of sp³-hybridized carbons (Fsp3) is 0.742. The van der Waals surface area contributed by atoms with Crippen LogP contribution in [-0.4, -0.2) is 64.9 Å². The first-order chi connectivity index (χ1) is 20.1. The Bertz CT molecular complexity index is 851. The number of unbranched alkanes of at least 4 members (excludes halogenated alkanes) is 10. The van der Waals surface area contributed by atoms with Gasteiger partial charge in [-0.3, -0.25) is 9.36 Å². The Morgan fingerprint density at radius 1 is 0.810 bits per heavy atom. The summed E-state index contributed by atoms with van der Waals surface area (Å²) in [7, 11) is -3.77. The number of hydrogen-bond acceptors (Lipinski definition) is 6. The molecule has 42 heavy (non-hydrogen) atoms. The Morgan fingerprint density at radius 2 is 1.31 bits per heavy atom. The number of carbonyl (C=O) groups excluding carboxylic acids is 1. The molecule has 0 heterocycles. The van der Waals surface area contributed by atoms with Crippen LogP contribution in [0.25, 0.3) is 0 Å². The number of aliphatic hydroxyl groups excluding tert-OH is 1. The van der Waals surface area contributed by atoms with Gasteiger partial charge < -0.3 is 31.9 Å². The normalized spacial score (nSPS) is 14.0. The predicted octanol–water partition coefficient (Wildman–Crippen LogP) is 4.57. The molecule has 11 heteroatoms. The molecule has 1 amide bonds. The summed E-state index contributed by atoms with van der Waals surface area (Å²) in [4.78, 5) is 35.0. The molecule has 0 radical (unpaired) electrons. The maximum Gasteiger partial charge on any atom is 0.326 e. The van der Waals surface area contributed by atoms with Gasteiger partial charge in [-0.2, -0.15) is 0 Å². The number of amides is 1. The van der Waals surface area contributed by atoms with Crippen molar-refractivity contribution in [1.82, 2.24) is 10.4 Å². The second-order valence-electron chi connectivity index (χ2n) is 11.4. The average Bonchev–Trinajstić information content (AvgIpc) is 2.94. The van der Waals surface area contributed by atoms with E-state index in [0.29, 0.717) is 19.6 Å². The molecule has 0 bridgehead atoms. The molecule has 1 aromatic carbocycles. The molecule has 0 fully saturated rings. The van der Waals surface area contributed by atoms with E-state index in [2.05, 4.69) is 10.4 Å². The first kappa shape index (κ1) is 40.2. The van der Waals surface area contributed by atoms with E-state index in [1.54, 1.807) is 0 Å². The molecule has 10 nitrogen and oxygen atoms in total. The van der Waals surface area contributed by atoms with Crippen LogP contribution in [-0.2, 0) is 20.6 Å². The molecule has 0 aliphatic heterocycles. The summed E-state index contributed by atoms with van der Waals surface area (Å²) in [5.41, 5.74) is 11.6. The van der Waals surface area contributed by atoms with Gasteiger partial charge in [-0.05, 0) is 63.1 Å². The standard InChI is InChI=1S/C23H40N3O5P.C8H19NO/c1-18(2)16-21(23(28)29)25-22(27)20(17-19-12-8-7-9-13-19)26-32(30,31)15-11-6-4-3-5-10-14-24;9-7-5-3-1-2-4-6-8-10/h7-9,12-13,18,20-21H,3-6,10-11,14-17,24H2,1-2H3,(H,25,27)(H,28,29)(H2,26,30,31);10H,1-9H2/t20-,21-;/m0./s1. The van der Waals surface area contributed by atoms with Crippen molar-refractivity contribution in [1.29, 1.82) is 0 Å². The zero-order chi connectivity index (χ0) is 31.6. The van der Waals surface area contributed by atoms with E-state index in [1.807, 2.05) is 44.2 Å². The molecule has 3 atom stereocenters. The van der Waals surface area contributed by atoms with Crippen molar-refractivity contribution in [3.05, 3.63) is 35.9 Å². The Hall–Kier alpha value is -1.81. The molecule has 1 rings (SSSR count). The minimum Gasteiger partial charge on any atom is -0.480 e. The number of aliphatic carboxylic acids is 1. The molecule has 0 spiro atoms. The molecular weight excluding hydrogens is 555 g/mol. The maximum atomic E-state index is 12.9. The minimum atomic E-state index is -3.77. The van der Waals surface area contributed by atoms with Gasteiger partial charge in [-0.25, -0.2) is 9.88 Å². The summed E-state index contributed by atoms with van der Waals surface area (Å²) >= 11 is 0. The van der Waals surface area contributed by atoms with E-state index < -0.39 is 31.5 Å². The summed E-state index contributed by atoms with van der Waals surface area (Å²) in [6, 6.07) is 7.10. The Kier molecular flexibility index (Phi) is 24.6. The third-order valence-electron chi connectivity index (χ3n) is 6.81. The topological polar surface area (TPSA) is 188 Å². The van der Waals surface area contributed by atoms with Crippen LogP contribution in [0.2, 0.25) is 0 Å². The molecule has 1 aromatic rings. The molecular formula is C31H59N4O6P. The number of aliphatic hydroxyl groups is 1. The minimum absolute atomic E-state index is 0.0663. The van der Waals surface area contributed by atoms with Crippen molar-refractivity contribution in [2.75, 3.05) is 25.9 Å². The van der Waals surface area contributed by atoms with Gasteiger partial charge >= 0.3 is 5.97 Å². The zero-order valence-electron chi connectivity index (χ0n) is 26.0. The van der Waals surface area contributed by atoms with Crippen LogP contribution in [0.15, 0.2) is 30.3 Å². The number of carboxylic acids is 1. The highest BCUT2D eigenvalue weighted by molar-refractivity contribution is 7.55. The Balaban J connectivity index is 0.00000143. The predicted molar refractivity (Wildman–Crippen MR) is 171 cm³/mol. The fourth-order valence-electron chi connectivity index (χ4n) is 4.46. The van der Waals surface area contributed by atoms with Crippen molar-refractivity contribution in [2.24, 2.45) is 17.4 Å². The van der Waals surface area contributed by atoms with Gasteiger partial charge in [0.05, 0.1) is 6.04 Å². The lowest BCUT2D eigenvalue weighted by Crippen LogP contribution is -2.50. The molecule has 9 N–H and O–H groups in total. The number of nitrogens with two attached hydrogens (primary N) is 2. The number of nitrogens with one attached hydrogen (secondary N) is 2. The van der Waals surface area contributed by atoms with Crippen LogP contribution in [0.4, 0.5) is 0 Å². The molecule has 244 valence electrons. The van der Waals surface area contributed by atoms with E-state index in [9.17, 15) is 24.2 Å². The van der Waals surface area contributed by atoms with Crippen LogP contribution in [0, 0.1) is 5.92 Å². The maximum absolute atomic E-state index is 12.9. The van der Waals surface area contributed by atoms with Crippen LogP contribution >= 0.6 is 7.52 Å². The number of rotatable bonds is 24. The third kappa shape index (κ3) is 22.7. The third-order valence-corrected chi connectivity index (χ3v) is 8.44. The van der Waals surface area contributed by atoms with Crippen molar-refractivity contribution in [3.8, 4) is 0 Å². The van der Waals surface area contributed by atoms with Gasteiger partial charge in [0.25, 0.3) is 7.52 Å². The van der Waals surface area contributed by atoms with Gasteiger partial charge in [-0.15, -0.1) is 0 Å². The molecule has 0 aliphatic carbocycles. The highest BCUT2D eigenvalue weighted by atomic mass is 31.2. The largest absolute Gasteiger partial charge is 0.480 e. The lowest BCUT2D eigenvalue weighted by molar-refractivity contribution is -0.142. The quantitative estimate of drug-likeness (QED) is 0.0646. The molecule has 0 saturated heterocycles. The molecule has 0 saturated carbocycles.